The molecule has 0 spiro atoms. The molecular formula is C13H13ClF3N3O2. The summed E-state index contributed by atoms with van der Waals surface area (Å²) in [6, 6.07) is 2.80. The maximum Gasteiger partial charge on any atom is 0.422 e. The van der Waals surface area contributed by atoms with E-state index in [0.29, 0.717) is 0 Å². The van der Waals surface area contributed by atoms with Crippen LogP contribution in [0.1, 0.15) is 23.7 Å². The van der Waals surface area contributed by atoms with Crippen LogP contribution in [0.3, 0.4) is 0 Å². The van der Waals surface area contributed by atoms with E-state index in [4.69, 9.17) is 16.9 Å². The number of amides is 1. The quantitative estimate of drug-likeness (QED) is 0.829. The van der Waals surface area contributed by atoms with Gasteiger partial charge in [0, 0.05) is 19.3 Å². The number of hydrogen-bond acceptors (Lipinski definition) is 4. The Bertz CT molecular complexity index is 587. The van der Waals surface area contributed by atoms with Crippen LogP contribution < -0.4 is 4.74 Å². The number of carbonyl (C=O) groups excluding carboxylic acids is 1. The lowest BCUT2D eigenvalue weighted by Gasteiger charge is -2.23. The SMILES string of the molecule is C[C@H](CC#N)N(C)C(=O)c1cnc(OCC(F)(F)F)c(Cl)c1. The molecular weight excluding hydrogens is 323 g/mol. The van der Waals surface area contributed by atoms with Gasteiger partial charge in [0.25, 0.3) is 5.91 Å². The standard InChI is InChI=1S/C13H13ClF3N3O2/c1-8(3-4-18)20(2)12(21)9-5-10(14)11(19-6-9)22-7-13(15,16)17/h5-6,8H,3,7H2,1-2H3/t8-/m1/s1. The number of ether oxygens (including phenoxy) is 1. The van der Waals surface area contributed by atoms with Gasteiger partial charge in [-0.05, 0) is 13.0 Å². The highest BCUT2D eigenvalue weighted by Gasteiger charge is 2.29. The van der Waals surface area contributed by atoms with Gasteiger partial charge >= 0.3 is 6.18 Å². The third-order valence-electron chi connectivity index (χ3n) is 2.80. The monoisotopic (exact) mass is 335 g/mol. The van der Waals surface area contributed by atoms with Gasteiger partial charge in [0.2, 0.25) is 5.88 Å². The Kier molecular flexibility index (Phi) is 6.00. The number of rotatable bonds is 5. The van der Waals surface area contributed by atoms with Crippen LogP contribution in [0.15, 0.2) is 12.3 Å². The van der Waals surface area contributed by atoms with E-state index in [1.807, 2.05) is 6.07 Å². The van der Waals surface area contributed by atoms with Crippen molar-refractivity contribution < 1.29 is 22.7 Å². The third kappa shape index (κ3) is 5.07. The molecule has 0 aromatic carbocycles. The van der Waals surface area contributed by atoms with Gasteiger partial charge < -0.3 is 9.64 Å². The minimum atomic E-state index is -4.51. The average molecular weight is 336 g/mol. The van der Waals surface area contributed by atoms with Gasteiger partial charge in [0.1, 0.15) is 5.02 Å². The van der Waals surface area contributed by atoms with Crippen molar-refractivity contribution in [2.45, 2.75) is 25.6 Å². The first kappa shape index (κ1) is 18.0. The molecule has 0 radical (unpaired) electrons. The maximum absolute atomic E-state index is 12.1. The summed E-state index contributed by atoms with van der Waals surface area (Å²) in [5.74, 6) is -0.845. The zero-order chi connectivity index (χ0) is 16.9. The molecule has 0 fully saturated rings. The van der Waals surface area contributed by atoms with Crippen molar-refractivity contribution >= 4 is 17.5 Å². The molecule has 0 aliphatic rings. The van der Waals surface area contributed by atoms with Gasteiger partial charge in [0.15, 0.2) is 6.61 Å². The van der Waals surface area contributed by atoms with Crippen LogP contribution in [0.5, 0.6) is 5.88 Å². The zero-order valence-corrected chi connectivity index (χ0v) is 12.6. The van der Waals surface area contributed by atoms with Crippen LogP contribution in [0.2, 0.25) is 5.02 Å². The summed E-state index contributed by atoms with van der Waals surface area (Å²) in [4.78, 5) is 17.1. The molecule has 9 heteroatoms. The second-order valence-corrected chi connectivity index (χ2v) is 4.95. The molecule has 1 aromatic heterocycles. The van der Waals surface area contributed by atoms with E-state index in [0.717, 1.165) is 6.20 Å². The fourth-order valence-corrected chi connectivity index (χ4v) is 1.69. The first-order chi connectivity index (χ1) is 10.2. The van der Waals surface area contributed by atoms with Gasteiger partial charge in [-0.1, -0.05) is 11.6 Å². The number of pyridine rings is 1. The minimum Gasteiger partial charge on any atom is -0.467 e. The lowest BCUT2D eigenvalue weighted by Crippen LogP contribution is -2.34. The molecule has 1 atom stereocenters. The summed E-state index contributed by atoms with van der Waals surface area (Å²) >= 11 is 5.77. The molecule has 1 rings (SSSR count). The number of alkyl halides is 3. The lowest BCUT2D eigenvalue weighted by molar-refractivity contribution is -0.154. The van der Waals surface area contributed by atoms with Crippen molar-refractivity contribution in [1.82, 2.24) is 9.88 Å². The summed E-state index contributed by atoms with van der Waals surface area (Å²) in [6.45, 7) is 0.170. The molecule has 0 bridgehead atoms. The van der Waals surface area contributed by atoms with Gasteiger partial charge in [-0.2, -0.15) is 18.4 Å². The highest BCUT2D eigenvalue weighted by molar-refractivity contribution is 6.32. The molecule has 1 heterocycles. The van der Waals surface area contributed by atoms with Crippen LogP contribution in [-0.2, 0) is 0 Å². The second-order valence-electron chi connectivity index (χ2n) is 4.54. The first-order valence-electron chi connectivity index (χ1n) is 6.15. The van der Waals surface area contributed by atoms with Crippen molar-refractivity contribution in [1.29, 1.82) is 5.26 Å². The Morgan fingerprint density at radius 3 is 2.73 bits per heavy atom. The zero-order valence-electron chi connectivity index (χ0n) is 11.8. The average Bonchev–Trinajstić information content (AvgIpc) is 2.43. The van der Waals surface area contributed by atoms with E-state index in [2.05, 4.69) is 9.72 Å². The molecule has 0 aliphatic heterocycles. The van der Waals surface area contributed by atoms with Gasteiger partial charge in [-0.25, -0.2) is 4.98 Å². The number of aromatic nitrogens is 1. The molecule has 22 heavy (non-hydrogen) atoms. The van der Waals surface area contributed by atoms with Gasteiger partial charge in [0.05, 0.1) is 18.1 Å². The number of halogens is 4. The maximum atomic E-state index is 12.1. The molecule has 1 amide bonds. The highest BCUT2D eigenvalue weighted by Crippen LogP contribution is 2.25. The van der Waals surface area contributed by atoms with E-state index in [-0.39, 0.29) is 23.0 Å². The molecule has 5 nitrogen and oxygen atoms in total. The minimum absolute atomic E-state index is 0.0941. The van der Waals surface area contributed by atoms with E-state index in [1.54, 1.807) is 6.92 Å². The van der Waals surface area contributed by atoms with Crippen molar-refractivity contribution in [2.24, 2.45) is 0 Å². The van der Waals surface area contributed by atoms with Crippen molar-refractivity contribution in [2.75, 3.05) is 13.7 Å². The summed E-state index contributed by atoms with van der Waals surface area (Å²) in [5.41, 5.74) is 0.0941. The molecule has 1 aromatic rings. The summed E-state index contributed by atoms with van der Waals surface area (Å²) in [5, 5.41) is 8.42. The smallest absolute Gasteiger partial charge is 0.422 e. The Morgan fingerprint density at radius 1 is 1.59 bits per heavy atom. The predicted molar refractivity (Wildman–Crippen MR) is 72.6 cm³/mol. The number of carbonyl (C=O) groups is 1. The van der Waals surface area contributed by atoms with Gasteiger partial charge in [-0.15, -0.1) is 0 Å². The van der Waals surface area contributed by atoms with Crippen LogP contribution in [-0.4, -0.2) is 41.7 Å². The summed E-state index contributed by atoms with van der Waals surface area (Å²) in [7, 11) is 1.51. The van der Waals surface area contributed by atoms with Crippen LogP contribution in [0, 0.1) is 11.3 Å². The van der Waals surface area contributed by atoms with Crippen LogP contribution >= 0.6 is 11.6 Å². The second kappa shape index (κ2) is 7.31. The van der Waals surface area contributed by atoms with Gasteiger partial charge in [-0.3, -0.25) is 4.79 Å². The van der Waals surface area contributed by atoms with Crippen molar-refractivity contribution in [3.63, 3.8) is 0 Å². The normalized spacial score (nSPS) is 12.4. The largest absolute Gasteiger partial charge is 0.467 e. The highest BCUT2D eigenvalue weighted by atomic mass is 35.5. The predicted octanol–water partition coefficient (Wildman–Crippen LogP) is 3.05. The first-order valence-corrected chi connectivity index (χ1v) is 6.52. The molecule has 0 unspecified atom stereocenters. The topological polar surface area (TPSA) is 66.2 Å². The Hall–Kier alpha value is -2.01. The fraction of sp³-hybridized carbons (Fsp3) is 0.462. The summed E-state index contributed by atoms with van der Waals surface area (Å²) < 4.78 is 40.6. The Morgan fingerprint density at radius 2 is 2.23 bits per heavy atom. The molecule has 120 valence electrons. The molecule has 0 aliphatic carbocycles. The molecule has 0 saturated carbocycles. The van der Waals surface area contributed by atoms with E-state index >= 15 is 0 Å². The Balaban J connectivity index is 2.84. The fourth-order valence-electron chi connectivity index (χ4n) is 1.47. The number of hydrogen-bond donors (Lipinski definition) is 0. The molecule has 0 saturated heterocycles. The van der Waals surface area contributed by atoms with Crippen molar-refractivity contribution in [3.8, 4) is 11.9 Å². The van der Waals surface area contributed by atoms with Crippen molar-refractivity contribution in [3.05, 3.63) is 22.8 Å². The number of nitrogens with zero attached hydrogens (tertiary/aromatic N) is 3. The van der Waals surface area contributed by atoms with E-state index < -0.39 is 24.6 Å². The van der Waals surface area contributed by atoms with Crippen LogP contribution in [0.4, 0.5) is 13.2 Å². The van der Waals surface area contributed by atoms with E-state index in [1.165, 1.54) is 18.0 Å². The lowest BCUT2D eigenvalue weighted by atomic mass is 10.2. The number of nitriles is 1. The third-order valence-corrected chi connectivity index (χ3v) is 3.07. The molecule has 0 N–H and O–H groups in total. The summed E-state index contributed by atoms with van der Waals surface area (Å²) in [6.07, 6.45) is -3.28. The van der Waals surface area contributed by atoms with E-state index in [9.17, 15) is 18.0 Å². The van der Waals surface area contributed by atoms with Crippen LogP contribution in [0.25, 0.3) is 0 Å². The Labute approximate surface area is 130 Å².